The van der Waals surface area contributed by atoms with Gasteiger partial charge in [0.1, 0.15) is 6.61 Å². The maximum Gasteiger partial charge on any atom is 0.305 e. The molecule has 0 unspecified atom stereocenters. The Morgan fingerprint density at radius 2 is 1.71 bits per heavy atom. The Labute approximate surface area is 104 Å². The van der Waals surface area contributed by atoms with Gasteiger partial charge >= 0.3 is 5.97 Å². The van der Waals surface area contributed by atoms with E-state index in [2.05, 4.69) is 0 Å². The lowest BCUT2D eigenvalue weighted by molar-refractivity contribution is -0.145. The lowest BCUT2D eigenvalue weighted by atomic mass is 10.3. The van der Waals surface area contributed by atoms with Crippen LogP contribution < -0.4 is 0 Å². The van der Waals surface area contributed by atoms with Gasteiger partial charge in [-0.15, -0.1) is 0 Å². The molecule has 0 aromatic heterocycles. The highest BCUT2D eigenvalue weighted by Crippen LogP contribution is 1.94. The fourth-order valence-electron chi connectivity index (χ4n) is 1.19. The van der Waals surface area contributed by atoms with Crippen molar-refractivity contribution >= 4 is 5.97 Å². The van der Waals surface area contributed by atoms with Gasteiger partial charge in [0.25, 0.3) is 0 Å². The van der Waals surface area contributed by atoms with Gasteiger partial charge in [-0.1, -0.05) is 0 Å². The van der Waals surface area contributed by atoms with Gasteiger partial charge in [0.05, 0.1) is 19.8 Å². The van der Waals surface area contributed by atoms with Crippen LogP contribution in [0.5, 0.6) is 0 Å². The number of esters is 1. The predicted octanol–water partition coefficient (Wildman–Crippen LogP) is 0.925. The van der Waals surface area contributed by atoms with Crippen molar-refractivity contribution in [1.29, 1.82) is 0 Å². The van der Waals surface area contributed by atoms with Crippen LogP contribution in [-0.2, 0) is 19.0 Å². The SMILES string of the molecule is CCOCCOCCOC(=O)CCCN(C)C. The van der Waals surface area contributed by atoms with E-state index in [9.17, 15) is 4.79 Å². The fourth-order valence-corrected chi connectivity index (χ4v) is 1.19. The second-order valence-corrected chi connectivity index (χ2v) is 3.94. The summed E-state index contributed by atoms with van der Waals surface area (Å²) in [5.74, 6) is -0.153. The minimum absolute atomic E-state index is 0.153. The Morgan fingerprint density at radius 3 is 2.35 bits per heavy atom. The van der Waals surface area contributed by atoms with Crippen molar-refractivity contribution in [3.63, 3.8) is 0 Å². The Hall–Kier alpha value is -0.650. The molecule has 0 aliphatic carbocycles. The van der Waals surface area contributed by atoms with E-state index in [4.69, 9.17) is 14.2 Å². The molecular weight excluding hydrogens is 222 g/mol. The van der Waals surface area contributed by atoms with Crippen LogP contribution in [-0.4, -0.2) is 64.5 Å². The molecule has 0 amide bonds. The highest BCUT2D eigenvalue weighted by Gasteiger charge is 2.02. The second kappa shape index (κ2) is 11.8. The summed E-state index contributed by atoms with van der Waals surface area (Å²) in [5.41, 5.74) is 0. The summed E-state index contributed by atoms with van der Waals surface area (Å²) in [6.07, 6.45) is 1.30. The number of rotatable bonds is 11. The highest BCUT2D eigenvalue weighted by atomic mass is 16.6. The van der Waals surface area contributed by atoms with E-state index in [1.165, 1.54) is 0 Å². The Bertz CT molecular complexity index is 185. The molecule has 0 rings (SSSR count). The van der Waals surface area contributed by atoms with E-state index in [-0.39, 0.29) is 5.97 Å². The molecular formula is C12H25NO4. The van der Waals surface area contributed by atoms with Gasteiger partial charge in [0.15, 0.2) is 0 Å². The summed E-state index contributed by atoms with van der Waals surface area (Å²) in [7, 11) is 3.97. The molecule has 0 spiro atoms. The summed E-state index contributed by atoms with van der Waals surface area (Å²) in [6.45, 7) is 5.44. The van der Waals surface area contributed by atoms with E-state index in [0.717, 1.165) is 13.0 Å². The number of ether oxygens (including phenoxy) is 3. The first-order chi connectivity index (χ1) is 8.16. The normalized spacial score (nSPS) is 10.8. The predicted molar refractivity (Wildman–Crippen MR) is 66.1 cm³/mol. The fraction of sp³-hybridized carbons (Fsp3) is 0.917. The van der Waals surface area contributed by atoms with E-state index in [1.54, 1.807) is 0 Å². The van der Waals surface area contributed by atoms with Gasteiger partial charge in [-0.25, -0.2) is 0 Å². The zero-order valence-corrected chi connectivity index (χ0v) is 11.2. The van der Waals surface area contributed by atoms with Crippen molar-refractivity contribution in [3.05, 3.63) is 0 Å². The third kappa shape index (κ3) is 13.3. The maximum atomic E-state index is 11.2. The van der Waals surface area contributed by atoms with Crippen molar-refractivity contribution in [2.75, 3.05) is 53.7 Å². The number of hydrogen-bond acceptors (Lipinski definition) is 5. The molecule has 0 heterocycles. The zero-order valence-electron chi connectivity index (χ0n) is 11.2. The van der Waals surface area contributed by atoms with Gasteiger partial charge in [-0.05, 0) is 34.0 Å². The van der Waals surface area contributed by atoms with Crippen LogP contribution in [0.15, 0.2) is 0 Å². The molecule has 0 atom stereocenters. The van der Waals surface area contributed by atoms with E-state index in [1.807, 2.05) is 25.9 Å². The molecule has 0 aromatic carbocycles. The van der Waals surface area contributed by atoms with Gasteiger partial charge in [0, 0.05) is 13.0 Å². The highest BCUT2D eigenvalue weighted by molar-refractivity contribution is 5.69. The van der Waals surface area contributed by atoms with Crippen LogP contribution >= 0.6 is 0 Å². The molecule has 5 heteroatoms. The van der Waals surface area contributed by atoms with E-state index >= 15 is 0 Å². The average molecular weight is 247 g/mol. The van der Waals surface area contributed by atoms with Crippen molar-refractivity contribution < 1.29 is 19.0 Å². The molecule has 0 N–H and O–H groups in total. The maximum absolute atomic E-state index is 11.2. The van der Waals surface area contributed by atoms with Crippen molar-refractivity contribution in [2.24, 2.45) is 0 Å². The topological polar surface area (TPSA) is 48.0 Å². The first-order valence-electron chi connectivity index (χ1n) is 6.12. The standard InChI is InChI=1S/C12H25NO4/c1-4-15-8-9-16-10-11-17-12(14)6-5-7-13(2)3/h4-11H2,1-3H3. The molecule has 0 aliphatic rings. The number of hydrogen-bond donors (Lipinski definition) is 0. The smallest absolute Gasteiger partial charge is 0.305 e. The van der Waals surface area contributed by atoms with Crippen molar-refractivity contribution in [1.82, 2.24) is 4.90 Å². The first kappa shape index (κ1) is 16.4. The van der Waals surface area contributed by atoms with Crippen LogP contribution in [0.2, 0.25) is 0 Å². The lowest BCUT2D eigenvalue weighted by Crippen LogP contribution is -2.16. The van der Waals surface area contributed by atoms with Crippen molar-refractivity contribution in [3.8, 4) is 0 Å². The van der Waals surface area contributed by atoms with E-state index in [0.29, 0.717) is 39.5 Å². The minimum atomic E-state index is -0.153. The molecule has 0 saturated heterocycles. The Kier molecular flexibility index (Phi) is 11.4. The lowest BCUT2D eigenvalue weighted by Gasteiger charge is -2.09. The Morgan fingerprint density at radius 1 is 1.06 bits per heavy atom. The molecule has 0 fully saturated rings. The minimum Gasteiger partial charge on any atom is -0.463 e. The Balaban J connectivity index is 3.16. The van der Waals surface area contributed by atoms with Gasteiger partial charge in [0.2, 0.25) is 0 Å². The van der Waals surface area contributed by atoms with Crippen LogP contribution in [0.1, 0.15) is 19.8 Å². The summed E-state index contributed by atoms with van der Waals surface area (Å²) >= 11 is 0. The quantitative estimate of drug-likeness (QED) is 0.401. The summed E-state index contributed by atoms with van der Waals surface area (Å²) < 4.78 is 15.3. The third-order valence-electron chi connectivity index (χ3n) is 2.05. The van der Waals surface area contributed by atoms with Crippen LogP contribution in [0.25, 0.3) is 0 Å². The molecule has 17 heavy (non-hydrogen) atoms. The molecule has 5 nitrogen and oxygen atoms in total. The van der Waals surface area contributed by atoms with Gasteiger partial charge in [-0.2, -0.15) is 0 Å². The largest absolute Gasteiger partial charge is 0.463 e. The number of carbonyl (C=O) groups is 1. The summed E-state index contributed by atoms with van der Waals surface area (Å²) in [6, 6.07) is 0. The first-order valence-corrected chi connectivity index (χ1v) is 6.12. The molecule has 0 aliphatic heterocycles. The molecule has 0 aromatic rings. The average Bonchev–Trinajstić information content (AvgIpc) is 2.27. The summed E-state index contributed by atoms with van der Waals surface area (Å²) in [4.78, 5) is 13.3. The summed E-state index contributed by atoms with van der Waals surface area (Å²) in [5, 5.41) is 0. The molecule has 102 valence electrons. The molecule has 0 radical (unpaired) electrons. The molecule has 0 saturated carbocycles. The van der Waals surface area contributed by atoms with Gasteiger partial charge < -0.3 is 19.1 Å². The monoisotopic (exact) mass is 247 g/mol. The van der Waals surface area contributed by atoms with E-state index < -0.39 is 0 Å². The van der Waals surface area contributed by atoms with Crippen LogP contribution in [0, 0.1) is 0 Å². The third-order valence-corrected chi connectivity index (χ3v) is 2.05. The second-order valence-electron chi connectivity index (χ2n) is 3.94. The molecule has 0 bridgehead atoms. The number of carbonyl (C=O) groups excluding carboxylic acids is 1. The van der Waals surface area contributed by atoms with Crippen LogP contribution in [0.4, 0.5) is 0 Å². The zero-order chi connectivity index (χ0) is 12.9. The number of nitrogens with zero attached hydrogens (tertiary/aromatic N) is 1. The van der Waals surface area contributed by atoms with Crippen molar-refractivity contribution in [2.45, 2.75) is 19.8 Å². The van der Waals surface area contributed by atoms with Crippen LogP contribution in [0.3, 0.4) is 0 Å². The van der Waals surface area contributed by atoms with Gasteiger partial charge in [-0.3, -0.25) is 4.79 Å².